The summed E-state index contributed by atoms with van der Waals surface area (Å²) in [4.78, 5) is 11.6. The number of aliphatic hydroxyl groups excluding tert-OH is 1. The average molecular weight is 342 g/mol. The van der Waals surface area contributed by atoms with Crippen molar-refractivity contribution >= 4 is 21.7 Å². The molecule has 0 spiro atoms. The third kappa shape index (κ3) is 3.70. The quantitative estimate of drug-likeness (QED) is 0.835. The van der Waals surface area contributed by atoms with E-state index >= 15 is 0 Å². The molecule has 1 N–H and O–H groups in total. The van der Waals surface area contributed by atoms with Crippen LogP contribution in [0.2, 0.25) is 0 Å². The lowest BCUT2D eigenvalue weighted by Gasteiger charge is -2.39. The number of anilines is 1. The van der Waals surface area contributed by atoms with E-state index in [0.717, 1.165) is 29.2 Å². The van der Waals surface area contributed by atoms with Gasteiger partial charge < -0.3 is 10.0 Å². The molecule has 2 rings (SSSR count). The summed E-state index contributed by atoms with van der Waals surface area (Å²) in [5.74, 6) is 1.84. The van der Waals surface area contributed by atoms with Crippen molar-refractivity contribution in [3.05, 3.63) is 16.5 Å². The summed E-state index contributed by atoms with van der Waals surface area (Å²) in [6.07, 6.45) is 4.51. The number of halogens is 1. The van der Waals surface area contributed by atoms with Crippen molar-refractivity contribution in [3.63, 3.8) is 0 Å². The fourth-order valence-corrected chi connectivity index (χ4v) is 2.68. The number of nitrogens with zero attached hydrogens (tertiary/aromatic N) is 3. The average Bonchev–Trinajstić information content (AvgIpc) is 2.30. The van der Waals surface area contributed by atoms with E-state index in [0.29, 0.717) is 6.04 Å². The third-order valence-electron chi connectivity index (χ3n) is 3.72. The second kappa shape index (κ2) is 6.39. The number of hydrogen-bond donors (Lipinski definition) is 1. The van der Waals surface area contributed by atoms with E-state index in [1.807, 2.05) is 6.07 Å². The highest BCUT2D eigenvalue weighted by atomic mass is 79.9. The van der Waals surface area contributed by atoms with Crippen molar-refractivity contribution in [2.75, 3.05) is 18.1 Å². The third-order valence-corrected chi connectivity index (χ3v) is 4.13. The Labute approximate surface area is 129 Å². The van der Waals surface area contributed by atoms with Crippen molar-refractivity contribution in [2.45, 2.75) is 57.9 Å². The van der Waals surface area contributed by atoms with Gasteiger partial charge in [0.2, 0.25) is 0 Å². The van der Waals surface area contributed by atoms with Gasteiger partial charge in [-0.15, -0.1) is 0 Å². The first-order valence-electron chi connectivity index (χ1n) is 7.34. The lowest BCUT2D eigenvalue weighted by molar-refractivity contribution is 0.282. The molecule has 112 valence electrons. The van der Waals surface area contributed by atoms with E-state index in [1.165, 1.54) is 19.3 Å². The van der Waals surface area contributed by atoms with E-state index in [1.54, 1.807) is 0 Å². The normalized spacial score (nSPS) is 16.1. The van der Waals surface area contributed by atoms with Gasteiger partial charge in [0.05, 0.1) is 0 Å². The highest BCUT2D eigenvalue weighted by molar-refractivity contribution is 9.10. The molecule has 1 saturated carbocycles. The largest absolute Gasteiger partial charge is 0.396 e. The van der Waals surface area contributed by atoms with Crippen molar-refractivity contribution in [1.29, 1.82) is 0 Å². The van der Waals surface area contributed by atoms with Crippen LogP contribution >= 0.6 is 15.9 Å². The fraction of sp³-hybridized carbons (Fsp3) is 0.733. The van der Waals surface area contributed by atoms with Crippen molar-refractivity contribution < 1.29 is 5.11 Å². The van der Waals surface area contributed by atoms with Gasteiger partial charge in [-0.25, -0.2) is 9.97 Å². The second-order valence-electron chi connectivity index (χ2n) is 6.48. The number of aliphatic hydroxyl groups is 1. The van der Waals surface area contributed by atoms with E-state index in [4.69, 9.17) is 10.1 Å². The zero-order valence-corrected chi connectivity index (χ0v) is 14.2. The number of aromatic nitrogens is 2. The second-order valence-corrected chi connectivity index (χ2v) is 7.29. The van der Waals surface area contributed by atoms with Crippen LogP contribution in [-0.4, -0.2) is 34.3 Å². The minimum Gasteiger partial charge on any atom is -0.396 e. The molecule has 1 aliphatic carbocycles. The van der Waals surface area contributed by atoms with E-state index in [9.17, 15) is 0 Å². The summed E-state index contributed by atoms with van der Waals surface area (Å²) >= 11 is 3.50. The molecular formula is C15H24BrN3O. The predicted octanol–water partition coefficient (Wildman–Crippen LogP) is 3.28. The molecular weight excluding hydrogens is 318 g/mol. The minimum atomic E-state index is -0.0687. The SMILES string of the molecule is CC(C)(C)c1nc(Br)cc(N(CCCO)C2CCC2)n1. The Hall–Kier alpha value is -0.680. The van der Waals surface area contributed by atoms with Crippen molar-refractivity contribution in [1.82, 2.24) is 9.97 Å². The van der Waals surface area contributed by atoms with Crippen LogP contribution in [0.15, 0.2) is 10.7 Å². The highest BCUT2D eigenvalue weighted by Crippen LogP contribution is 2.31. The molecule has 1 heterocycles. The van der Waals surface area contributed by atoms with Crippen molar-refractivity contribution in [3.8, 4) is 0 Å². The first-order valence-corrected chi connectivity index (χ1v) is 8.13. The molecule has 0 aromatic carbocycles. The van der Waals surface area contributed by atoms with Gasteiger partial charge in [0.15, 0.2) is 0 Å². The van der Waals surface area contributed by atoms with E-state index < -0.39 is 0 Å². The summed E-state index contributed by atoms with van der Waals surface area (Å²) in [7, 11) is 0. The van der Waals surface area contributed by atoms with Crippen LogP contribution in [0.3, 0.4) is 0 Å². The molecule has 5 heteroatoms. The molecule has 1 fully saturated rings. The van der Waals surface area contributed by atoms with Crippen LogP contribution in [0.25, 0.3) is 0 Å². The molecule has 0 saturated heterocycles. The van der Waals surface area contributed by atoms with Gasteiger partial charge in [-0.05, 0) is 41.6 Å². The first-order chi connectivity index (χ1) is 9.41. The van der Waals surface area contributed by atoms with Crippen LogP contribution in [0.5, 0.6) is 0 Å². The Morgan fingerprint density at radius 2 is 2.05 bits per heavy atom. The summed E-state index contributed by atoms with van der Waals surface area (Å²) in [5, 5.41) is 9.10. The molecule has 0 amide bonds. The van der Waals surface area contributed by atoms with Gasteiger partial charge in [0.25, 0.3) is 0 Å². The van der Waals surface area contributed by atoms with Crippen LogP contribution in [0, 0.1) is 0 Å². The summed E-state index contributed by atoms with van der Waals surface area (Å²) in [6, 6.07) is 2.56. The van der Waals surface area contributed by atoms with E-state index in [2.05, 4.69) is 46.6 Å². The predicted molar refractivity (Wildman–Crippen MR) is 85.1 cm³/mol. The van der Waals surface area contributed by atoms with Crippen LogP contribution < -0.4 is 4.90 Å². The lowest BCUT2D eigenvalue weighted by Crippen LogP contribution is -2.42. The molecule has 1 aliphatic rings. The Morgan fingerprint density at radius 3 is 2.55 bits per heavy atom. The highest BCUT2D eigenvalue weighted by Gasteiger charge is 2.27. The topological polar surface area (TPSA) is 49.2 Å². The monoisotopic (exact) mass is 341 g/mol. The smallest absolute Gasteiger partial charge is 0.137 e. The van der Waals surface area contributed by atoms with E-state index in [-0.39, 0.29) is 12.0 Å². The summed E-state index contributed by atoms with van der Waals surface area (Å²) < 4.78 is 0.834. The van der Waals surface area contributed by atoms with Gasteiger partial charge in [0.1, 0.15) is 16.2 Å². The Balaban J connectivity index is 2.29. The Morgan fingerprint density at radius 1 is 1.35 bits per heavy atom. The molecule has 1 aromatic heterocycles. The molecule has 1 aromatic rings. The van der Waals surface area contributed by atoms with Crippen LogP contribution in [0.1, 0.15) is 52.3 Å². The molecule has 20 heavy (non-hydrogen) atoms. The van der Waals surface area contributed by atoms with Crippen LogP contribution in [-0.2, 0) is 5.41 Å². The lowest BCUT2D eigenvalue weighted by atomic mass is 9.91. The molecule has 0 radical (unpaired) electrons. The fourth-order valence-electron chi connectivity index (χ4n) is 2.31. The molecule has 0 aliphatic heterocycles. The molecule has 4 nitrogen and oxygen atoms in total. The maximum Gasteiger partial charge on any atom is 0.137 e. The standard InChI is InChI=1S/C15H24BrN3O/c1-15(2,3)14-17-12(16)10-13(18-14)19(8-5-9-20)11-6-4-7-11/h10-11,20H,4-9H2,1-3H3. The Kier molecular flexibility index (Phi) is 5.02. The molecule has 0 unspecified atom stereocenters. The molecule has 0 bridgehead atoms. The van der Waals surface area contributed by atoms with Gasteiger partial charge in [-0.3, -0.25) is 0 Å². The molecule has 0 atom stereocenters. The minimum absolute atomic E-state index is 0.0687. The van der Waals surface area contributed by atoms with Gasteiger partial charge in [-0.2, -0.15) is 0 Å². The Bertz CT molecular complexity index is 455. The van der Waals surface area contributed by atoms with Crippen LogP contribution in [0.4, 0.5) is 5.82 Å². The summed E-state index contributed by atoms with van der Waals surface area (Å²) in [5.41, 5.74) is -0.0687. The van der Waals surface area contributed by atoms with Gasteiger partial charge >= 0.3 is 0 Å². The van der Waals surface area contributed by atoms with Gasteiger partial charge in [-0.1, -0.05) is 20.8 Å². The van der Waals surface area contributed by atoms with Gasteiger partial charge in [0, 0.05) is 30.7 Å². The number of rotatable bonds is 5. The maximum atomic E-state index is 9.10. The summed E-state index contributed by atoms with van der Waals surface area (Å²) in [6.45, 7) is 7.45. The van der Waals surface area contributed by atoms with Crippen molar-refractivity contribution in [2.24, 2.45) is 0 Å². The zero-order chi connectivity index (χ0) is 14.8. The maximum absolute atomic E-state index is 9.10. The zero-order valence-electron chi connectivity index (χ0n) is 12.6. The first kappa shape index (κ1) is 15.7. The number of hydrogen-bond acceptors (Lipinski definition) is 4.